The van der Waals surface area contributed by atoms with Crippen molar-refractivity contribution in [1.29, 1.82) is 0 Å². The molecule has 0 bridgehead atoms. The second kappa shape index (κ2) is 8.46. The maximum atomic E-state index is 12.0. The SMILES string of the molecule is CC(=O)c1ccc(NC(=O)CC2SC(N=C(N)N)=NC2=O)cc1.Cl. The summed E-state index contributed by atoms with van der Waals surface area (Å²) in [4.78, 5) is 42.2. The number of thioether (sulfide) groups is 1. The van der Waals surface area contributed by atoms with Crippen molar-refractivity contribution in [3.63, 3.8) is 0 Å². The number of amidine groups is 1. The Morgan fingerprint density at radius 2 is 1.92 bits per heavy atom. The summed E-state index contributed by atoms with van der Waals surface area (Å²) in [6.45, 7) is 1.46. The first kappa shape index (κ1) is 19.7. The highest BCUT2D eigenvalue weighted by molar-refractivity contribution is 8.15. The van der Waals surface area contributed by atoms with Crippen LogP contribution in [-0.2, 0) is 9.59 Å². The van der Waals surface area contributed by atoms with Crippen LogP contribution < -0.4 is 16.8 Å². The second-order valence-corrected chi connectivity index (χ2v) is 5.93. The van der Waals surface area contributed by atoms with E-state index in [-0.39, 0.29) is 41.6 Å². The Hall–Kier alpha value is -2.39. The molecule has 128 valence electrons. The molecule has 0 aromatic heterocycles. The number of carbonyl (C=O) groups is 3. The summed E-state index contributed by atoms with van der Waals surface area (Å²) in [5.41, 5.74) is 11.5. The average molecular weight is 370 g/mol. The van der Waals surface area contributed by atoms with Crippen LogP contribution in [0.15, 0.2) is 34.3 Å². The second-order valence-electron chi connectivity index (χ2n) is 4.76. The van der Waals surface area contributed by atoms with Crippen molar-refractivity contribution in [2.75, 3.05) is 5.32 Å². The maximum Gasteiger partial charge on any atom is 0.262 e. The molecule has 0 spiro atoms. The van der Waals surface area contributed by atoms with E-state index in [2.05, 4.69) is 15.3 Å². The van der Waals surface area contributed by atoms with E-state index in [1.165, 1.54) is 6.92 Å². The molecule has 24 heavy (non-hydrogen) atoms. The van der Waals surface area contributed by atoms with Gasteiger partial charge in [0.05, 0.1) is 0 Å². The van der Waals surface area contributed by atoms with Gasteiger partial charge >= 0.3 is 0 Å². The number of aliphatic imine (C=N–C) groups is 2. The largest absolute Gasteiger partial charge is 0.370 e. The molecular weight excluding hydrogens is 354 g/mol. The number of halogens is 1. The van der Waals surface area contributed by atoms with Gasteiger partial charge < -0.3 is 16.8 Å². The molecule has 1 aromatic rings. The van der Waals surface area contributed by atoms with Crippen molar-refractivity contribution in [2.24, 2.45) is 21.5 Å². The summed E-state index contributed by atoms with van der Waals surface area (Å²) in [5, 5.41) is 2.16. The number of rotatable bonds is 4. The molecule has 1 heterocycles. The van der Waals surface area contributed by atoms with Crippen molar-refractivity contribution in [3.05, 3.63) is 29.8 Å². The Morgan fingerprint density at radius 1 is 1.29 bits per heavy atom. The fraction of sp³-hybridized carbons (Fsp3) is 0.214. The third-order valence-corrected chi connectivity index (χ3v) is 3.95. The van der Waals surface area contributed by atoms with Gasteiger partial charge in [-0.05, 0) is 31.2 Å². The van der Waals surface area contributed by atoms with E-state index in [0.29, 0.717) is 11.3 Å². The van der Waals surface area contributed by atoms with Crippen LogP contribution in [0.1, 0.15) is 23.7 Å². The van der Waals surface area contributed by atoms with Gasteiger partial charge in [0.2, 0.25) is 5.91 Å². The third-order valence-electron chi connectivity index (χ3n) is 2.90. The van der Waals surface area contributed by atoms with Crippen molar-refractivity contribution < 1.29 is 14.4 Å². The first-order valence-corrected chi connectivity index (χ1v) is 7.53. The zero-order chi connectivity index (χ0) is 17.0. The number of nitrogens with zero attached hydrogens (tertiary/aromatic N) is 2. The highest BCUT2D eigenvalue weighted by Gasteiger charge is 2.30. The number of ketones is 1. The number of anilines is 1. The van der Waals surface area contributed by atoms with Gasteiger partial charge in [0.15, 0.2) is 16.9 Å². The number of Topliss-reactive ketones (excluding diaryl/α,β-unsaturated/α-hetero) is 1. The van der Waals surface area contributed by atoms with Crippen LogP contribution in [0, 0.1) is 0 Å². The number of nitrogens with two attached hydrogens (primary N) is 2. The molecule has 0 saturated carbocycles. The van der Waals surface area contributed by atoms with Crippen LogP contribution in [0.4, 0.5) is 5.69 Å². The number of benzene rings is 1. The van der Waals surface area contributed by atoms with Crippen LogP contribution in [0.25, 0.3) is 0 Å². The van der Waals surface area contributed by atoms with Gasteiger partial charge in [0.1, 0.15) is 5.25 Å². The molecule has 8 nitrogen and oxygen atoms in total. The fourth-order valence-electron chi connectivity index (χ4n) is 1.83. The Bertz CT molecular complexity index is 714. The zero-order valence-corrected chi connectivity index (χ0v) is 14.3. The van der Waals surface area contributed by atoms with E-state index in [1.54, 1.807) is 24.3 Å². The van der Waals surface area contributed by atoms with Crippen LogP contribution in [-0.4, -0.2) is 34.0 Å². The smallest absolute Gasteiger partial charge is 0.262 e. The van der Waals surface area contributed by atoms with Crippen molar-refractivity contribution >= 4 is 58.6 Å². The number of carbonyl (C=O) groups excluding carboxylic acids is 3. The normalized spacial score (nSPS) is 16.0. The Labute approximate surface area is 148 Å². The lowest BCUT2D eigenvalue weighted by atomic mass is 10.1. The van der Waals surface area contributed by atoms with Crippen LogP contribution in [0.5, 0.6) is 0 Å². The van der Waals surface area contributed by atoms with Crippen molar-refractivity contribution in [3.8, 4) is 0 Å². The molecule has 1 aliphatic rings. The molecule has 2 rings (SSSR count). The first-order chi connectivity index (χ1) is 10.8. The number of amides is 2. The van der Waals surface area contributed by atoms with Gasteiger partial charge in [-0.1, -0.05) is 11.8 Å². The summed E-state index contributed by atoms with van der Waals surface area (Å²) in [6.07, 6.45) is -0.0506. The highest BCUT2D eigenvalue weighted by Crippen LogP contribution is 2.26. The summed E-state index contributed by atoms with van der Waals surface area (Å²) in [5.74, 6) is -1.04. The molecule has 0 aliphatic carbocycles. The molecule has 2 amide bonds. The van der Waals surface area contributed by atoms with Crippen LogP contribution >= 0.6 is 24.2 Å². The minimum Gasteiger partial charge on any atom is -0.370 e. The molecule has 0 radical (unpaired) electrons. The van der Waals surface area contributed by atoms with Gasteiger partial charge in [-0.25, -0.2) is 0 Å². The van der Waals surface area contributed by atoms with Gasteiger partial charge in [0, 0.05) is 17.7 Å². The van der Waals surface area contributed by atoms with Crippen molar-refractivity contribution in [1.82, 2.24) is 0 Å². The predicted molar refractivity (Wildman–Crippen MR) is 96.6 cm³/mol. The number of guanidine groups is 1. The standard InChI is InChI=1S/C14H15N5O3S.ClH/c1-7(20)8-2-4-9(5-3-8)17-11(21)6-10-12(22)18-14(23-10)19-13(15)16;/h2-5,10H,6H2,1H3,(H,17,21)(H4,15,16,18,19,22);1H. The number of nitrogens with one attached hydrogen (secondary N) is 1. The Kier molecular flexibility index (Phi) is 6.93. The van der Waals surface area contributed by atoms with E-state index in [0.717, 1.165) is 11.8 Å². The van der Waals surface area contributed by atoms with Crippen LogP contribution in [0.3, 0.4) is 0 Å². The summed E-state index contributed by atoms with van der Waals surface area (Å²) < 4.78 is 0. The van der Waals surface area contributed by atoms with Crippen molar-refractivity contribution in [2.45, 2.75) is 18.6 Å². The zero-order valence-electron chi connectivity index (χ0n) is 12.7. The average Bonchev–Trinajstić information content (AvgIpc) is 2.78. The predicted octanol–water partition coefficient (Wildman–Crippen LogP) is 0.911. The molecular formula is C14H16ClN5O3S. The van der Waals surface area contributed by atoms with Gasteiger partial charge in [-0.3, -0.25) is 14.4 Å². The topological polar surface area (TPSA) is 140 Å². The molecule has 1 aliphatic heterocycles. The molecule has 10 heteroatoms. The van der Waals surface area contributed by atoms with E-state index < -0.39 is 11.2 Å². The van der Waals surface area contributed by atoms with E-state index >= 15 is 0 Å². The molecule has 5 N–H and O–H groups in total. The molecule has 0 saturated heterocycles. The lowest BCUT2D eigenvalue weighted by Crippen LogP contribution is -2.23. The molecule has 1 unspecified atom stereocenters. The van der Waals surface area contributed by atoms with E-state index in [4.69, 9.17) is 11.5 Å². The highest BCUT2D eigenvalue weighted by atomic mass is 35.5. The molecule has 1 aromatic carbocycles. The molecule has 1 atom stereocenters. The summed E-state index contributed by atoms with van der Waals surface area (Å²) in [7, 11) is 0. The number of hydrogen-bond donors (Lipinski definition) is 3. The lowest BCUT2D eigenvalue weighted by Gasteiger charge is -2.08. The fourth-order valence-corrected chi connectivity index (χ4v) is 2.77. The minimum absolute atomic E-state index is 0. The minimum atomic E-state index is -0.649. The Morgan fingerprint density at radius 3 is 2.46 bits per heavy atom. The summed E-state index contributed by atoms with van der Waals surface area (Å²) >= 11 is 1.04. The van der Waals surface area contributed by atoms with Gasteiger partial charge in [0.25, 0.3) is 5.91 Å². The van der Waals surface area contributed by atoms with E-state index in [1.807, 2.05) is 0 Å². The number of hydrogen-bond acceptors (Lipinski definition) is 5. The Balaban J connectivity index is 0.00000288. The molecule has 0 fully saturated rings. The summed E-state index contributed by atoms with van der Waals surface area (Å²) in [6, 6.07) is 6.49. The quantitative estimate of drug-likeness (QED) is 0.409. The van der Waals surface area contributed by atoms with Crippen LogP contribution in [0.2, 0.25) is 0 Å². The lowest BCUT2D eigenvalue weighted by molar-refractivity contribution is -0.121. The maximum absolute atomic E-state index is 12.0. The van der Waals surface area contributed by atoms with E-state index in [9.17, 15) is 14.4 Å². The van der Waals surface area contributed by atoms with Gasteiger partial charge in [-0.2, -0.15) is 9.98 Å². The van der Waals surface area contributed by atoms with Gasteiger partial charge in [-0.15, -0.1) is 12.4 Å². The monoisotopic (exact) mass is 369 g/mol. The third kappa shape index (κ3) is 5.36. The first-order valence-electron chi connectivity index (χ1n) is 6.65.